The van der Waals surface area contributed by atoms with E-state index in [1.165, 1.54) is 0 Å². The Labute approximate surface area is 128 Å². The number of amides is 1. The Balaban J connectivity index is 0.000000202. The lowest BCUT2D eigenvalue weighted by Gasteiger charge is -2.17. The average Bonchev–Trinajstić information content (AvgIpc) is 2.44. The van der Waals surface area contributed by atoms with E-state index in [-0.39, 0.29) is 16.7 Å². The fraction of sp³-hybridized carbons (Fsp3) is 0.467. The third-order valence-corrected chi connectivity index (χ3v) is 3.61. The number of hydrogen-bond donors (Lipinski definition) is 1. The van der Waals surface area contributed by atoms with E-state index in [4.69, 9.17) is 4.74 Å². The molecule has 1 aliphatic heterocycles. The van der Waals surface area contributed by atoms with Crippen LogP contribution in [0.5, 0.6) is 0 Å². The molecule has 1 amide bonds. The first-order valence-corrected chi connectivity index (χ1v) is 7.72. The Morgan fingerprint density at radius 1 is 1.35 bits per heavy atom. The van der Waals surface area contributed by atoms with E-state index in [1.807, 2.05) is 31.2 Å². The Bertz CT molecular complexity index is 462. The molecule has 0 radical (unpaired) electrons. The van der Waals surface area contributed by atoms with Crippen molar-refractivity contribution in [2.45, 2.75) is 37.9 Å². The molecule has 0 fully saturated rings. The standard InChI is InChI=1S/C8H15BrO2.C7H5NO/c1-3-5-6-7(9)8(10)11-4-2;9-7-5-3-1-2-4-6(5)8-7/h7H,3-6H2,1-2H3;1-4H,(H,8,9). The molecule has 1 aromatic carbocycles. The molecule has 4 nitrogen and oxygen atoms in total. The first-order valence-electron chi connectivity index (χ1n) is 6.81. The van der Waals surface area contributed by atoms with Crippen LogP contribution in [0.4, 0.5) is 5.69 Å². The number of rotatable bonds is 5. The number of carbonyl (C=O) groups is 2. The zero-order chi connectivity index (χ0) is 15.0. The molecule has 0 aliphatic carbocycles. The molecule has 0 saturated heterocycles. The molecule has 1 aromatic rings. The van der Waals surface area contributed by atoms with Gasteiger partial charge in [-0.25, -0.2) is 0 Å². The summed E-state index contributed by atoms with van der Waals surface area (Å²) in [6.45, 7) is 4.38. The number of alkyl halides is 1. The monoisotopic (exact) mass is 341 g/mol. The van der Waals surface area contributed by atoms with E-state index in [9.17, 15) is 9.59 Å². The summed E-state index contributed by atoms with van der Waals surface area (Å²) in [5.74, 6) is -0.105. The topological polar surface area (TPSA) is 55.4 Å². The predicted molar refractivity (Wildman–Crippen MR) is 83.3 cm³/mol. The number of halogens is 1. The van der Waals surface area contributed by atoms with Crippen LogP contribution in [-0.2, 0) is 9.53 Å². The highest BCUT2D eigenvalue weighted by molar-refractivity contribution is 9.10. The summed E-state index contributed by atoms with van der Waals surface area (Å²) in [6, 6.07) is 7.46. The summed E-state index contributed by atoms with van der Waals surface area (Å²) in [5.41, 5.74) is 1.75. The summed E-state index contributed by atoms with van der Waals surface area (Å²) < 4.78 is 4.81. The lowest BCUT2D eigenvalue weighted by molar-refractivity contribution is -0.142. The number of hydrogen-bond acceptors (Lipinski definition) is 3. The molecule has 1 N–H and O–H groups in total. The Kier molecular flexibility index (Phi) is 7.30. The second kappa shape index (κ2) is 8.74. The van der Waals surface area contributed by atoms with E-state index in [1.54, 1.807) is 0 Å². The minimum absolute atomic E-state index is 0.0330. The Hall–Kier alpha value is -1.36. The van der Waals surface area contributed by atoms with Gasteiger partial charge in [-0.15, -0.1) is 0 Å². The zero-order valence-electron chi connectivity index (χ0n) is 11.8. The van der Waals surface area contributed by atoms with Crippen LogP contribution in [0.25, 0.3) is 0 Å². The molecule has 0 spiro atoms. The fourth-order valence-electron chi connectivity index (χ4n) is 1.65. The van der Waals surface area contributed by atoms with Gasteiger partial charge in [0.25, 0.3) is 5.91 Å². The predicted octanol–water partition coefficient (Wildman–Crippen LogP) is 3.76. The normalized spacial score (nSPS) is 13.1. The van der Waals surface area contributed by atoms with Gasteiger partial charge in [0.1, 0.15) is 4.83 Å². The highest BCUT2D eigenvalue weighted by Gasteiger charge is 2.20. The van der Waals surface area contributed by atoms with Crippen molar-refractivity contribution in [2.75, 3.05) is 11.9 Å². The maximum Gasteiger partial charge on any atom is 0.319 e. The number of carbonyl (C=O) groups excluding carboxylic acids is 2. The molecule has 1 unspecified atom stereocenters. The SMILES string of the molecule is CCCCC(Br)C(=O)OCC.O=C1Nc2ccccc21. The summed E-state index contributed by atoms with van der Waals surface area (Å²) in [4.78, 5) is 21.5. The molecule has 2 rings (SSSR count). The van der Waals surface area contributed by atoms with Gasteiger partial charge >= 0.3 is 5.97 Å². The Morgan fingerprint density at radius 3 is 2.55 bits per heavy atom. The molecule has 1 atom stereocenters. The van der Waals surface area contributed by atoms with Crippen molar-refractivity contribution in [1.82, 2.24) is 0 Å². The van der Waals surface area contributed by atoms with Gasteiger partial charge in [-0.1, -0.05) is 47.8 Å². The quantitative estimate of drug-likeness (QED) is 0.655. The van der Waals surface area contributed by atoms with Crippen molar-refractivity contribution >= 4 is 33.5 Å². The van der Waals surface area contributed by atoms with Gasteiger partial charge < -0.3 is 10.1 Å². The number of nitrogens with one attached hydrogen (secondary N) is 1. The summed E-state index contributed by atoms with van der Waals surface area (Å²) in [6.07, 6.45) is 3.05. The van der Waals surface area contributed by atoms with Gasteiger partial charge in [0.2, 0.25) is 0 Å². The third-order valence-electron chi connectivity index (χ3n) is 2.77. The first kappa shape index (κ1) is 16.7. The smallest absolute Gasteiger partial charge is 0.319 e. The lowest BCUT2D eigenvalue weighted by atomic mass is 10.1. The van der Waals surface area contributed by atoms with Crippen molar-refractivity contribution in [1.29, 1.82) is 0 Å². The second-order valence-electron chi connectivity index (χ2n) is 4.36. The zero-order valence-corrected chi connectivity index (χ0v) is 13.4. The molecule has 0 bridgehead atoms. The van der Waals surface area contributed by atoms with Crippen LogP contribution >= 0.6 is 15.9 Å². The molecule has 1 aliphatic rings. The molecule has 0 saturated carbocycles. The van der Waals surface area contributed by atoms with Crippen molar-refractivity contribution in [3.05, 3.63) is 29.8 Å². The van der Waals surface area contributed by atoms with E-state index >= 15 is 0 Å². The summed E-state index contributed by atoms with van der Waals surface area (Å²) in [5, 5.41) is 2.65. The van der Waals surface area contributed by atoms with Crippen LogP contribution in [0.3, 0.4) is 0 Å². The number of unbranched alkanes of at least 4 members (excludes halogenated alkanes) is 1. The maximum absolute atomic E-state index is 11.0. The van der Waals surface area contributed by atoms with Crippen LogP contribution in [0.15, 0.2) is 24.3 Å². The van der Waals surface area contributed by atoms with E-state index < -0.39 is 0 Å². The number of anilines is 1. The molecular weight excluding hydrogens is 322 g/mol. The van der Waals surface area contributed by atoms with Gasteiger partial charge in [-0.2, -0.15) is 0 Å². The van der Waals surface area contributed by atoms with Gasteiger partial charge in [0.05, 0.1) is 17.9 Å². The molecule has 110 valence electrons. The molecular formula is C15H20BrNO3. The number of para-hydroxylation sites is 1. The van der Waals surface area contributed by atoms with Gasteiger partial charge in [-0.3, -0.25) is 9.59 Å². The number of benzene rings is 1. The van der Waals surface area contributed by atoms with E-state index in [0.717, 1.165) is 30.5 Å². The molecule has 20 heavy (non-hydrogen) atoms. The first-order chi connectivity index (χ1) is 9.60. The van der Waals surface area contributed by atoms with Crippen molar-refractivity contribution in [3.8, 4) is 0 Å². The van der Waals surface area contributed by atoms with Gasteiger partial charge in [0, 0.05) is 0 Å². The van der Waals surface area contributed by atoms with Crippen molar-refractivity contribution in [2.24, 2.45) is 0 Å². The van der Waals surface area contributed by atoms with Crippen molar-refractivity contribution < 1.29 is 14.3 Å². The van der Waals surface area contributed by atoms with E-state index in [0.29, 0.717) is 6.61 Å². The van der Waals surface area contributed by atoms with Crippen LogP contribution in [0.2, 0.25) is 0 Å². The Morgan fingerprint density at radius 2 is 2.05 bits per heavy atom. The molecule has 5 heteroatoms. The van der Waals surface area contributed by atoms with Gasteiger partial charge in [-0.05, 0) is 25.5 Å². The highest BCUT2D eigenvalue weighted by atomic mass is 79.9. The summed E-state index contributed by atoms with van der Waals surface area (Å²) >= 11 is 3.27. The van der Waals surface area contributed by atoms with E-state index in [2.05, 4.69) is 28.2 Å². The largest absolute Gasteiger partial charge is 0.465 e. The highest BCUT2D eigenvalue weighted by Crippen LogP contribution is 2.23. The lowest BCUT2D eigenvalue weighted by Crippen LogP contribution is -2.23. The van der Waals surface area contributed by atoms with Crippen LogP contribution in [-0.4, -0.2) is 23.3 Å². The van der Waals surface area contributed by atoms with Crippen LogP contribution < -0.4 is 5.32 Å². The third kappa shape index (κ3) is 4.96. The average molecular weight is 342 g/mol. The molecule has 1 heterocycles. The maximum atomic E-state index is 11.0. The number of fused-ring (bicyclic) bond motifs is 1. The number of ether oxygens (including phenoxy) is 1. The second-order valence-corrected chi connectivity index (χ2v) is 5.47. The minimum Gasteiger partial charge on any atom is -0.465 e. The minimum atomic E-state index is -0.138. The van der Waals surface area contributed by atoms with Crippen molar-refractivity contribution in [3.63, 3.8) is 0 Å². The fourth-order valence-corrected chi connectivity index (χ4v) is 2.11. The summed E-state index contributed by atoms with van der Waals surface area (Å²) in [7, 11) is 0. The van der Waals surface area contributed by atoms with Gasteiger partial charge in [0.15, 0.2) is 0 Å². The van der Waals surface area contributed by atoms with Crippen LogP contribution in [0, 0.1) is 0 Å². The number of esters is 1. The molecule has 0 aromatic heterocycles. The van der Waals surface area contributed by atoms with Crippen LogP contribution in [0.1, 0.15) is 43.5 Å².